The lowest BCUT2D eigenvalue weighted by molar-refractivity contribution is -0.124. The molecule has 1 aromatic rings. The fraction of sp³-hybridized carbons (Fsp3) is 0.688. The lowest BCUT2D eigenvalue weighted by Crippen LogP contribution is -2.50. The Morgan fingerprint density at radius 3 is 2.26 bits per heavy atom. The number of nitrogens with two attached hydrogens (primary N) is 1. The van der Waals surface area contributed by atoms with Crippen molar-refractivity contribution >= 4 is 42.1 Å². The summed E-state index contributed by atoms with van der Waals surface area (Å²) in [5.74, 6) is -0.0742. The molecule has 0 saturated heterocycles. The largest absolute Gasteiger partial charge is 0.353 e. The fourth-order valence-corrected chi connectivity index (χ4v) is 2.99. The zero-order chi connectivity index (χ0) is 16.0. The van der Waals surface area contributed by atoms with Crippen LogP contribution in [0.1, 0.15) is 46.2 Å². The summed E-state index contributed by atoms with van der Waals surface area (Å²) in [6, 6.07) is 1.85. The molecule has 0 aliphatic rings. The van der Waals surface area contributed by atoms with Gasteiger partial charge in [0.05, 0.1) is 12.1 Å². The third-order valence-corrected chi connectivity index (χ3v) is 4.57. The molecule has 23 heavy (non-hydrogen) atoms. The highest BCUT2D eigenvalue weighted by molar-refractivity contribution is 7.07. The predicted octanol–water partition coefficient (Wildman–Crippen LogP) is 3.46. The average Bonchev–Trinajstić information content (AvgIpc) is 2.95. The van der Waals surface area contributed by atoms with Crippen LogP contribution in [0.4, 0.5) is 0 Å². The van der Waals surface area contributed by atoms with Gasteiger partial charge in [0.15, 0.2) is 0 Å². The molecule has 0 saturated carbocycles. The monoisotopic (exact) mass is 383 g/mol. The second kappa shape index (κ2) is 11.3. The van der Waals surface area contributed by atoms with E-state index in [2.05, 4.69) is 40.9 Å². The third-order valence-electron chi connectivity index (χ3n) is 3.87. The van der Waals surface area contributed by atoms with Crippen LogP contribution in [0, 0.1) is 5.41 Å². The van der Waals surface area contributed by atoms with Crippen molar-refractivity contribution < 1.29 is 4.79 Å². The average molecular weight is 384 g/mol. The Labute approximate surface area is 157 Å². The van der Waals surface area contributed by atoms with Gasteiger partial charge in [-0.05, 0) is 40.9 Å². The summed E-state index contributed by atoms with van der Waals surface area (Å²) in [6.07, 6.45) is 0. The number of hydrogen-bond donors (Lipinski definition) is 2. The summed E-state index contributed by atoms with van der Waals surface area (Å²) in [5.41, 5.74) is 7.05. The molecule has 1 aromatic heterocycles. The zero-order valence-corrected chi connectivity index (χ0v) is 17.1. The quantitative estimate of drug-likeness (QED) is 0.757. The van der Waals surface area contributed by atoms with E-state index in [1.54, 1.807) is 11.3 Å². The molecule has 1 amide bonds. The lowest BCUT2D eigenvalue weighted by Gasteiger charge is -2.31. The highest BCUT2D eigenvalue weighted by atomic mass is 35.5. The standard InChI is InChI=1S/C16H29N3OS.2ClH/c1-6-19(7-2)13(12-8-9-21-11-12)10-18-15(20)14(17)16(3,4)5;;/h8-9,11,13-14H,6-7,10,17H2,1-5H3,(H,18,20);2*1H/t13?,14-;;/m1../s1. The molecule has 7 heteroatoms. The molecular weight excluding hydrogens is 353 g/mol. The summed E-state index contributed by atoms with van der Waals surface area (Å²) in [6.45, 7) is 12.8. The van der Waals surface area contributed by atoms with Gasteiger partial charge in [0.25, 0.3) is 0 Å². The lowest BCUT2D eigenvalue weighted by atomic mass is 9.87. The number of nitrogens with zero attached hydrogens (tertiary/aromatic N) is 1. The number of nitrogens with one attached hydrogen (secondary N) is 1. The first kappa shape index (κ1) is 24.9. The minimum absolute atomic E-state index is 0. The predicted molar refractivity (Wildman–Crippen MR) is 105 cm³/mol. The Morgan fingerprint density at radius 1 is 1.30 bits per heavy atom. The number of carbonyl (C=O) groups excluding carboxylic acids is 1. The van der Waals surface area contributed by atoms with Crippen molar-refractivity contribution in [3.8, 4) is 0 Å². The van der Waals surface area contributed by atoms with Crippen molar-refractivity contribution in [3.63, 3.8) is 0 Å². The Bertz CT molecular complexity index is 431. The first-order valence-corrected chi connectivity index (χ1v) is 8.55. The van der Waals surface area contributed by atoms with Gasteiger partial charge >= 0.3 is 0 Å². The molecule has 0 radical (unpaired) electrons. The van der Waals surface area contributed by atoms with Gasteiger partial charge < -0.3 is 11.1 Å². The minimum atomic E-state index is -0.489. The van der Waals surface area contributed by atoms with Gasteiger partial charge in [-0.1, -0.05) is 34.6 Å². The summed E-state index contributed by atoms with van der Waals surface area (Å²) in [5, 5.41) is 7.26. The van der Waals surface area contributed by atoms with Gasteiger partial charge in [-0.25, -0.2) is 0 Å². The van der Waals surface area contributed by atoms with E-state index < -0.39 is 6.04 Å². The maximum absolute atomic E-state index is 12.2. The van der Waals surface area contributed by atoms with E-state index in [4.69, 9.17) is 5.73 Å². The molecule has 0 aromatic carbocycles. The highest BCUT2D eigenvalue weighted by Crippen LogP contribution is 2.23. The van der Waals surface area contributed by atoms with Gasteiger partial charge in [-0.2, -0.15) is 11.3 Å². The topological polar surface area (TPSA) is 58.4 Å². The molecule has 2 atom stereocenters. The van der Waals surface area contributed by atoms with Crippen molar-refractivity contribution in [2.24, 2.45) is 11.1 Å². The molecule has 0 bridgehead atoms. The van der Waals surface area contributed by atoms with Gasteiger partial charge in [0.2, 0.25) is 5.91 Å². The van der Waals surface area contributed by atoms with Crippen LogP contribution >= 0.6 is 36.2 Å². The molecule has 0 spiro atoms. The Hall–Kier alpha value is -0.330. The molecular formula is C16H31Cl2N3OS. The second-order valence-corrected chi connectivity index (χ2v) is 7.16. The normalized spacial score (nSPS) is 13.7. The number of carbonyl (C=O) groups is 1. The van der Waals surface area contributed by atoms with Gasteiger partial charge in [0.1, 0.15) is 0 Å². The SMILES string of the molecule is CCN(CC)C(CNC(=O)[C@@H](N)C(C)(C)C)c1ccsc1.Cl.Cl. The zero-order valence-electron chi connectivity index (χ0n) is 14.7. The summed E-state index contributed by atoms with van der Waals surface area (Å²) in [7, 11) is 0. The molecule has 0 aliphatic carbocycles. The smallest absolute Gasteiger partial charge is 0.237 e. The highest BCUT2D eigenvalue weighted by Gasteiger charge is 2.28. The summed E-state index contributed by atoms with van der Waals surface area (Å²) >= 11 is 1.69. The van der Waals surface area contributed by atoms with Crippen molar-refractivity contribution in [2.75, 3.05) is 19.6 Å². The maximum Gasteiger partial charge on any atom is 0.237 e. The molecule has 0 fully saturated rings. The van der Waals surface area contributed by atoms with Crippen LogP contribution in [-0.4, -0.2) is 36.5 Å². The summed E-state index contributed by atoms with van der Waals surface area (Å²) in [4.78, 5) is 14.6. The maximum atomic E-state index is 12.2. The third kappa shape index (κ3) is 7.40. The number of likely N-dealkylation sites (N-methyl/N-ethyl adjacent to an activating group) is 1. The second-order valence-electron chi connectivity index (χ2n) is 6.38. The molecule has 3 N–H and O–H groups in total. The number of halogens is 2. The number of hydrogen-bond acceptors (Lipinski definition) is 4. The first-order valence-electron chi connectivity index (χ1n) is 7.60. The first-order chi connectivity index (χ1) is 9.81. The Morgan fingerprint density at radius 2 is 1.87 bits per heavy atom. The van der Waals surface area contributed by atoms with Crippen LogP contribution in [0.15, 0.2) is 16.8 Å². The van der Waals surface area contributed by atoms with Crippen molar-refractivity contribution in [1.82, 2.24) is 10.2 Å². The van der Waals surface area contributed by atoms with Crippen LogP contribution in [0.25, 0.3) is 0 Å². The van der Waals surface area contributed by atoms with Crippen LogP contribution in [-0.2, 0) is 4.79 Å². The van der Waals surface area contributed by atoms with Crippen LogP contribution in [0.5, 0.6) is 0 Å². The van der Waals surface area contributed by atoms with Crippen LogP contribution in [0.2, 0.25) is 0 Å². The van der Waals surface area contributed by atoms with Crippen molar-refractivity contribution in [3.05, 3.63) is 22.4 Å². The Balaban J connectivity index is 0. The molecule has 1 rings (SSSR count). The minimum Gasteiger partial charge on any atom is -0.353 e. The van der Waals surface area contributed by atoms with E-state index in [1.165, 1.54) is 5.56 Å². The molecule has 0 aliphatic heterocycles. The van der Waals surface area contributed by atoms with E-state index >= 15 is 0 Å². The van der Waals surface area contributed by atoms with E-state index in [-0.39, 0.29) is 42.2 Å². The van der Waals surface area contributed by atoms with E-state index in [0.29, 0.717) is 6.54 Å². The van der Waals surface area contributed by atoms with Crippen molar-refractivity contribution in [2.45, 2.75) is 46.7 Å². The number of thiophene rings is 1. The van der Waals surface area contributed by atoms with Crippen LogP contribution < -0.4 is 11.1 Å². The van der Waals surface area contributed by atoms with Gasteiger partial charge in [-0.15, -0.1) is 24.8 Å². The van der Waals surface area contributed by atoms with E-state index in [1.807, 2.05) is 20.8 Å². The number of amides is 1. The molecule has 136 valence electrons. The van der Waals surface area contributed by atoms with E-state index in [0.717, 1.165) is 13.1 Å². The fourth-order valence-electron chi connectivity index (χ4n) is 2.29. The Kier molecular flexibility index (Phi) is 12.2. The van der Waals surface area contributed by atoms with Crippen LogP contribution in [0.3, 0.4) is 0 Å². The van der Waals surface area contributed by atoms with Crippen molar-refractivity contribution in [1.29, 1.82) is 0 Å². The summed E-state index contributed by atoms with van der Waals surface area (Å²) < 4.78 is 0. The van der Waals surface area contributed by atoms with Gasteiger partial charge in [0, 0.05) is 6.54 Å². The number of rotatable bonds is 7. The molecule has 1 heterocycles. The molecule has 1 unspecified atom stereocenters. The molecule has 4 nitrogen and oxygen atoms in total. The van der Waals surface area contributed by atoms with Gasteiger partial charge in [-0.3, -0.25) is 9.69 Å². The van der Waals surface area contributed by atoms with E-state index in [9.17, 15) is 4.79 Å².